The summed E-state index contributed by atoms with van der Waals surface area (Å²) in [5.41, 5.74) is 8.47. The SMILES string of the molecule is COCc1cc(C)nc(N/N=C/c2cccc(OCC(=O)Nc3ccc(C)c(C)c3)c2)c1C#N. The van der Waals surface area contributed by atoms with Gasteiger partial charge in [-0.05, 0) is 67.8 Å². The molecule has 174 valence electrons. The van der Waals surface area contributed by atoms with Crippen molar-refractivity contribution in [1.82, 2.24) is 4.98 Å². The summed E-state index contributed by atoms with van der Waals surface area (Å²) in [6.45, 7) is 6.05. The predicted molar refractivity (Wildman–Crippen MR) is 132 cm³/mol. The highest BCUT2D eigenvalue weighted by molar-refractivity contribution is 5.92. The molecule has 0 saturated carbocycles. The van der Waals surface area contributed by atoms with Gasteiger partial charge in [-0.3, -0.25) is 10.2 Å². The van der Waals surface area contributed by atoms with Crippen molar-refractivity contribution in [3.8, 4) is 11.8 Å². The number of amides is 1. The van der Waals surface area contributed by atoms with Crippen LogP contribution in [0.4, 0.5) is 11.5 Å². The van der Waals surface area contributed by atoms with Crippen LogP contribution in [-0.2, 0) is 16.1 Å². The van der Waals surface area contributed by atoms with Crippen LogP contribution >= 0.6 is 0 Å². The van der Waals surface area contributed by atoms with Crippen molar-refractivity contribution in [3.63, 3.8) is 0 Å². The molecule has 34 heavy (non-hydrogen) atoms. The Morgan fingerprint density at radius 2 is 1.97 bits per heavy atom. The van der Waals surface area contributed by atoms with Gasteiger partial charge in [-0.1, -0.05) is 18.2 Å². The topological polar surface area (TPSA) is 109 Å². The van der Waals surface area contributed by atoms with Gasteiger partial charge < -0.3 is 14.8 Å². The fourth-order valence-corrected chi connectivity index (χ4v) is 3.23. The van der Waals surface area contributed by atoms with E-state index in [9.17, 15) is 10.1 Å². The van der Waals surface area contributed by atoms with E-state index in [0.717, 1.165) is 28.1 Å². The standard InChI is InChI=1S/C26H27N5O3/c1-17-8-9-22(10-18(17)2)30-25(32)16-34-23-7-5-6-20(12-23)14-28-31-26-24(13-27)21(15-33-4)11-19(3)29-26/h5-12,14H,15-16H2,1-4H3,(H,29,31)(H,30,32)/b28-14+. The van der Waals surface area contributed by atoms with E-state index in [1.807, 2.05) is 51.1 Å². The average molecular weight is 458 g/mol. The summed E-state index contributed by atoms with van der Waals surface area (Å²) >= 11 is 0. The zero-order valence-corrected chi connectivity index (χ0v) is 19.7. The minimum atomic E-state index is -0.245. The second kappa shape index (κ2) is 11.6. The summed E-state index contributed by atoms with van der Waals surface area (Å²) < 4.78 is 10.8. The maximum Gasteiger partial charge on any atom is 0.262 e. The van der Waals surface area contributed by atoms with Gasteiger partial charge in [0.05, 0.1) is 12.8 Å². The summed E-state index contributed by atoms with van der Waals surface area (Å²) in [5, 5.41) is 16.5. The Hall–Kier alpha value is -4.22. The van der Waals surface area contributed by atoms with Crippen LogP contribution in [0.15, 0.2) is 53.6 Å². The van der Waals surface area contributed by atoms with Crippen molar-refractivity contribution in [3.05, 3.63) is 82.0 Å². The minimum Gasteiger partial charge on any atom is -0.484 e. The maximum absolute atomic E-state index is 12.2. The third-order valence-electron chi connectivity index (χ3n) is 5.04. The molecule has 0 fully saturated rings. The lowest BCUT2D eigenvalue weighted by Gasteiger charge is -2.10. The highest BCUT2D eigenvalue weighted by Gasteiger charge is 2.11. The van der Waals surface area contributed by atoms with Crippen LogP contribution in [-0.4, -0.2) is 30.8 Å². The molecule has 0 aliphatic heterocycles. The Bertz CT molecular complexity index is 1250. The van der Waals surface area contributed by atoms with Crippen molar-refractivity contribution < 1.29 is 14.3 Å². The summed E-state index contributed by atoms with van der Waals surface area (Å²) in [6.07, 6.45) is 1.59. The number of nitriles is 1. The van der Waals surface area contributed by atoms with Crippen molar-refractivity contribution >= 4 is 23.6 Å². The summed E-state index contributed by atoms with van der Waals surface area (Å²) in [4.78, 5) is 16.6. The number of anilines is 2. The largest absolute Gasteiger partial charge is 0.484 e. The number of hydrogen-bond donors (Lipinski definition) is 2. The van der Waals surface area contributed by atoms with Crippen LogP contribution in [0.25, 0.3) is 0 Å². The number of hydrogen-bond acceptors (Lipinski definition) is 7. The normalized spacial score (nSPS) is 10.7. The summed E-state index contributed by atoms with van der Waals surface area (Å²) in [6, 6.07) is 16.9. The van der Waals surface area contributed by atoms with Crippen molar-refractivity contribution in [2.45, 2.75) is 27.4 Å². The monoisotopic (exact) mass is 457 g/mol. The molecular weight excluding hydrogens is 430 g/mol. The van der Waals surface area contributed by atoms with Crippen molar-refractivity contribution in [1.29, 1.82) is 5.26 Å². The molecule has 1 aromatic heterocycles. The van der Waals surface area contributed by atoms with Crippen molar-refractivity contribution in [2.75, 3.05) is 24.5 Å². The minimum absolute atomic E-state index is 0.118. The molecule has 0 aliphatic carbocycles. The van der Waals surface area contributed by atoms with E-state index < -0.39 is 0 Å². The number of methoxy groups -OCH3 is 1. The lowest BCUT2D eigenvalue weighted by molar-refractivity contribution is -0.118. The van der Waals surface area contributed by atoms with E-state index in [2.05, 4.69) is 26.9 Å². The highest BCUT2D eigenvalue weighted by atomic mass is 16.5. The molecule has 3 rings (SSSR count). The first-order valence-corrected chi connectivity index (χ1v) is 10.7. The Labute approximate surface area is 199 Å². The van der Waals surface area contributed by atoms with Gasteiger partial charge in [-0.15, -0.1) is 0 Å². The molecule has 0 unspecified atom stereocenters. The van der Waals surface area contributed by atoms with E-state index in [-0.39, 0.29) is 12.5 Å². The van der Waals surface area contributed by atoms with Crippen LogP contribution < -0.4 is 15.5 Å². The van der Waals surface area contributed by atoms with Crippen LogP contribution in [0.1, 0.15) is 33.5 Å². The number of hydrazone groups is 1. The molecule has 0 atom stereocenters. The second-order valence-electron chi connectivity index (χ2n) is 7.77. The number of aromatic nitrogens is 1. The fraction of sp³-hybridized carbons (Fsp3) is 0.231. The van der Waals surface area contributed by atoms with Gasteiger partial charge in [-0.25, -0.2) is 4.98 Å². The molecule has 8 nitrogen and oxygen atoms in total. The Balaban J connectivity index is 1.61. The Morgan fingerprint density at radius 3 is 2.71 bits per heavy atom. The average Bonchev–Trinajstić information content (AvgIpc) is 2.81. The van der Waals surface area contributed by atoms with Gasteiger partial charge in [0, 0.05) is 24.1 Å². The zero-order chi connectivity index (χ0) is 24.5. The number of benzene rings is 2. The molecule has 1 heterocycles. The molecule has 2 aromatic carbocycles. The summed E-state index contributed by atoms with van der Waals surface area (Å²) in [7, 11) is 1.57. The van der Waals surface area contributed by atoms with Crippen LogP contribution in [0.3, 0.4) is 0 Å². The van der Waals surface area contributed by atoms with E-state index in [1.54, 1.807) is 31.5 Å². The number of pyridine rings is 1. The molecule has 0 spiro atoms. The van der Waals surface area contributed by atoms with E-state index in [0.29, 0.717) is 23.7 Å². The number of nitrogens with one attached hydrogen (secondary N) is 2. The number of carbonyl (C=O) groups excluding carboxylic acids is 1. The van der Waals surface area contributed by atoms with Gasteiger partial charge >= 0.3 is 0 Å². The van der Waals surface area contributed by atoms with E-state index in [1.165, 1.54) is 5.56 Å². The third-order valence-corrected chi connectivity index (χ3v) is 5.04. The number of nitrogens with zero attached hydrogens (tertiary/aromatic N) is 3. The van der Waals surface area contributed by atoms with Gasteiger partial charge in [-0.2, -0.15) is 10.4 Å². The van der Waals surface area contributed by atoms with Gasteiger partial charge in [0.15, 0.2) is 12.4 Å². The van der Waals surface area contributed by atoms with Crippen LogP contribution in [0.2, 0.25) is 0 Å². The third kappa shape index (κ3) is 6.64. The molecule has 1 amide bonds. The number of rotatable bonds is 9. The van der Waals surface area contributed by atoms with Crippen molar-refractivity contribution in [2.24, 2.45) is 5.10 Å². The highest BCUT2D eigenvalue weighted by Crippen LogP contribution is 2.20. The number of aryl methyl sites for hydroxylation is 3. The summed E-state index contributed by atoms with van der Waals surface area (Å²) in [5.74, 6) is 0.652. The Morgan fingerprint density at radius 1 is 1.15 bits per heavy atom. The molecule has 2 N–H and O–H groups in total. The molecule has 3 aromatic rings. The van der Waals surface area contributed by atoms with Gasteiger partial charge in [0.25, 0.3) is 5.91 Å². The smallest absolute Gasteiger partial charge is 0.262 e. The Kier molecular flexibility index (Phi) is 8.32. The zero-order valence-electron chi connectivity index (χ0n) is 19.7. The number of carbonyl (C=O) groups is 1. The molecule has 0 radical (unpaired) electrons. The molecule has 0 saturated heterocycles. The van der Waals surface area contributed by atoms with Gasteiger partial charge in [0.2, 0.25) is 0 Å². The van der Waals surface area contributed by atoms with Gasteiger partial charge in [0.1, 0.15) is 17.4 Å². The fourth-order valence-electron chi connectivity index (χ4n) is 3.23. The van der Waals surface area contributed by atoms with E-state index >= 15 is 0 Å². The first-order chi connectivity index (χ1) is 16.4. The van der Waals surface area contributed by atoms with Crippen LogP contribution in [0, 0.1) is 32.1 Å². The van der Waals surface area contributed by atoms with E-state index in [4.69, 9.17) is 9.47 Å². The first-order valence-electron chi connectivity index (χ1n) is 10.7. The quantitative estimate of drug-likeness (QED) is 0.362. The van der Waals surface area contributed by atoms with Crippen LogP contribution in [0.5, 0.6) is 5.75 Å². The first kappa shape index (κ1) is 24.4. The molecule has 8 heteroatoms. The number of ether oxygens (including phenoxy) is 2. The lowest BCUT2D eigenvalue weighted by Crippen LogP contribution is -2.20. The lowest BCUT2D eigenvalue weighted by atomic mass is 10.1. The molecular formula is C26H27N5O3. The molecule has 0 aliphatic rings. The molecule has 0 bridgehead atoms. The maximum atomic E-state index is 12.2. The second-order valence-corrected chi connectivity index (χ2v) is 7.77. The predicted octanol–water partition coefficient (Wildman–Crippen LogP) is 4.49.